The summed E-state index contributed by atoms with van der Waals surface area (Å²) in [5.41, 5.74) is 1.14. The summed E-state index contributed by atoms with van der Waals surface area (Å²) in [5, 5.41) is 4.22. The SMILES string of the molecule is CCc1nccn1CCC(=O)N1CCn2nc(C(=O)OC)cc2C1. The first kappa shape index (κ1) is 16.2. The van der Waals surface area contributed by atoms with Crippen LogP contribution in [0.1, 0.15) is 35.4 Å². The maximum atomic E-state index is 12.5. The lowest BCUT2D eigenvalue weighted by atomic mass is 10.2. The summed E-state index contributed by atoms with van der Waals surface area (Å²) in [6.45, 7) is 4.33. The Bertz CT molecular complexity index is 749. The van der Waals surface area contributed by atoms with Crippen LogP contribution < -0.4 is 0 Å². The molecule has 0 aliphatic carbocycles. The van der Waals surface area contributed by atoms with Crippen molar-refractivity contribution in [2.75, 3.05) is 13.7 Å². The largest absolute Gasteiger partial charge is 0.464 e. The molecule has 2 aromatic rings. The molecule has 0 aromatic carbocycles. The maximum absolute atomic E-state index is 12.5. The number of hydrogen-bond donors (Lipinski definition) is 0. The number of rotatable bonds is 5. The molecular formula is C16H21N5O3. The van der Waals surface area contributed by atoms with Gasteiger partial charge in [-0.05, 0) is 6.07 Å². The van der Waals surface area contributed by atoms with Crippen molar-refractivity contribution < 1.29 is 14.3 Å². The Morgan fingerprint density at radius 1 is 1.33 bits per heavy atom. The summed E-state index contributed by atoms with van der Waals surface area (Å²) >= 11 is 0. The van der Waals surface area contributed by atoms with Crippen LogP contribution in [-0.4, -0.2) is 49.8 Å². The van der Waals surface area contributed by atoms with E-state index >= 15 is 0 Å². The monoisotopic (exact) mass is 331 g/mol. The second kappa shape index (κ2) is 6.86. The fourth-order valence-electron chi connectivity index (χ4n) is 2.92. The predicted molar refractivity (Wildman–Crippen MR) is 85.2 cm³/mol. The smallest absolute Gasteiger partial charge is 0.358 e. The van der Waals surface area contributed by atoms with Gasteiger partial charge in [0.2, 0.25) is 5.91 Å². The van der Waals surface area contributed by atoms with E-state index in [9.17, 15) is 9.59 Å². The summed E-state index contributed by atoms with van der Waals surface area (Å²) in [4.78, 5) is 30.1. The second-order valence-electron chi connectivity index (χ2n) is 5.69. The fourth-order valence-corrected chi connectivity index (χ4v) is 2.92. The fraction of sp³-hybridized carbons (Fsp3) is 0.500. The molecule has 24 heavy (non-hydrogen) atoms. The van der Waals surface area contributed by atoms with Gasteiger partial charge in [0.25, 0.3) is 0 Å². The Labute approximate surface area is 140 Å². The number of esters is 1. The number of imidazole rings is 1. The Hall–Kier alpha value is -2.64. The van der Waals surface area contributed by atoms with E-state index in [2.05, 4.69) is 14.8 Å². The minimum atomic E-state index is -0.457. The Kier molecular flexibility index (Phi) is 4.64. The van der Waals surface area contributed by atoms with Crippen LogP contribution in [0.4, 0.5) is 0 Å². The second-order valence-corrected chi connectivity index (χ2v) is 5.69. The van der Waals surface area contributed by atoms with Crippen molar-refractivity contribution in [3.63, 3.8) is 0 Å². The zero-order valence-corrected chi connectivity index (χ0v) is 13.9. The van der Waals surface area contributed by atoms with Gasteiger partial charge in [0.05, 0.1) is 25.9 Å². The Morgan fingerprint density at radius 2 is 2.17 bits per heavy atom. The van der Waals surface area contributed by atoms with Crippen molar-refractivity contribution in [2.24, 2.45) is 0 Å². The molecule has 1 amide bonds. The van der Waals surface area contributed by atoms with Gasteiger partial charge in [-0.15, -0.1) is 0 Å². The third-order valence-corrected chi connectivity index (χ3v) is 4.23. The highest BCUT2D eigenvalue weighted by Crippen LogP contribution is 2.15. The molecule has 0 atom stereocenters. The minimum absolute atomic E-state index is 0.0952. The van der Waals surface area contributed by atoms with E-state index in [0.717, 1.165) is 17.9 Å². The van der Waals surface area contributed by atoms with Gasteiger partial charge in [-0.3, -0.25) is 9.48 Å². The molecule has 3 heterocycles. The number of aryl methyl sites for hydroxylation is 2. The Balaban J connectivity index is 1.61. The summed E-state index contributed by atoms with van der Waals surface area (Å²) in [6.07, 6.45) is 4.94. The first-order chi connectivity index (χ1) is 11.6. The standard InChI is InChI=1S/C16H21N5O3/c1-3-14-17-5-7-19(14)6-4-15(22)20-8-9-21-12(11-20)10-13(18-21)16(23)24-2/h5,7,10H,3-4,6,8-9,11H2,1-2H3. The van der Waals surface area contributed by atoms with Crippen LogP contribution in [0.3, 0.4) is 0 Å². The van der Waals surface area contributed by atoms with Gasteiger partial charge in [0.1, 0.15) is 5.82 Å². The molecule has 3 rings (SSSR count). The van der Waals surface area contributed by atoms with Crippen LogP contribution in [-0.2, 0) is 35.6 Å². The number of carbonyl (C=O) groups is 2. The zero-order chi connectivity index (χ0) is 17.1. The number of nitrogens with zero attached hydrogens (tertiary/aromatic N) is 5. The van der Waals surface area contributed by atoms with Gasteiger partial charge < -0.3 is 14.2 Å². The molecule has 128 valence electrons. The predicted octanol–water partition coefficient (Wildman–Crippen LogP) is 0.861. The summed E-state index contributed by atoms with van der Waals surface area (Å²) in [6, 6.07) is 1.69. The first-order valence-corrected chi connectivity index (χ1v) is 8.05. The highest BCUT2D eigenvalue weighted by Gasteiger charge is 2.24. The number of ether oxygens (including phenoxy) is 1. The van der Waals surface area contributed by atoms with Gasteiger partial charge in [0, 0.05) is 38.3 Å². The minimum Gasteiger partial charge on any atom is -0.464 e. The number of carbonyl (C=O) groups excluding carboxylic acids is 2. The molecule has 0 spiro atoms. The van der Waals surface area contributed by atoms with Gasteiger partial charge in [0.15, 0.2) is 5.69 Å². The van der Waals surface area contributed by atoms with Crippen LogP contribution in [0.2, 0.25) is 0 Å². The third kappa shape index (κ3) is 3.17. The van der Waals surface area contributed by atoms with E-state index in [4.69, 9.17) is 0 Å². The molecule has 0 radical (unpaired) electrons. The number of methoxy groups -OCH3 is 1. The van der Waals surface area contributed by atoms with Crippen LogP contribution in [0.15, 0.2) is 18.5 Å². The Morgan fingerprint density at radius 3 is 2.92 bits per heavy atom. The lowest BCUT2D eigenvalue weighted by molar-refractivity contribution is -0.133. The molecule has 0 fully saturated rings. The third-order valence-electron chi connectivity index (χ3n) is 4.23. The van der Waals surface area contributed by atoms with E-state index in [0.29, 0.717) is 32.6 Å². The molecule has 8 heteroatoms. The van der Waals surface area contributed by atoms with Gasteiger partial charge in [-0.1, -0.05) is 6.92 Å². The normalized spacial score (nSPS) is 13.7. The molecule has 1 aliphatic heterocycles. The summed E-state index contributed by atoms with van der Waals surface area (Å²) < 4.78 is 8.47. The van der Waals surface area contributed by atoms with Crippen LogP contribution >= 0.6 is 0 Å². The number of amides is 1. The van der Waals surface area contributed by atoms with Crippen LogP contribution in [0.5, 0.6) is 0 Å². The van der Waals surface area contributed by atoms with E-state index in [1.54, 1.807) is 21.8 Å². The van der Waals surface area contributed by atoms with E-state index in [-0.39, 0.29) is 11.6 Å². The van der Waals surface area contributed by atoms with E-state index in [1.807, 2.05) is 17.7 Å². The average molecular weight is 331 g/mol. The maximum Gasteiger partial charge on any atom is 0.358 e. The zero-order valence-electron chi connectivity index (χ0n) is 13.9. The topological polar surface area (TPSA) is 82.3 Å². The van der Waals surface area contributed by atoms with Crippen LogP contribution in [0, 0.1) is 0 Å². The van der Waals surface area contributed by atoms with Gasteiger partial charge >= 0.3 is 5.97 Å². The highest BCUT2D eigenvalue weighted by atomic mass is 16.5. The molecule has 2 aromatic heterocycles. The number of aromatic nitrogens is 4. The van der Waals surface area contributed by atoms with Crippen molar-refractivity contribution in [2.45, 2.75) is 39.4 Å². The lowest BCUT2D eigenvalue weighted by Crippen LogP contribution is -2.38. The molecule has 8 nitrogen and oxygen atoms in total. The van der Waals surface area contributed by atoms with Crippen molar-refractivity contribution in [1.29, 1.82) is 0 Å². The van der Waals surface area contributed by atoms with Crippen molar-refractivity contribution in [3.05, 3.63) is 35.7 Å². The summed E-state index contributed by atoms with van der Waals surface area (Å²) in [5.74, 6) is 0.627. The first-order valence-electron chi connectivity index (χ1n) is 8.05. The van der Waals surface area contributed by atoms with Crippen LogP contribution in [0.25, 0.3) is 0 Å². The molecule has 0 saturated heterocycles. The van der Waals surface area contributed by atoms with Gasteiger partial charge in [-0.25, -0.2) is 9.78 Å². The highest BCUT2D eigenvalue weighted by molar-refractivity contribution is 5.87. The average Bonchev–Trinajstić information content (AvgIpc) is 3.24. The molecule has 0 bridgehead atoms. The van der Waals surface area contributed by atoms with Crippen molar-refractivity contribution >= 4 is 11.9 Å². The quantitative estimate of drug-likeness (QED) is 0.759. The molecule has 0 N–H and O–H groups in total. The summed E-state index contributed by atoms with van der Waals surface area (Å²) in [7, 11) is 1.33. The van der Waals surface area contributed by atoms with E-state index < -0.39 is 5.97 Å². The van der Waals surface area contributed by atoms with Gasteiger partial charge in [-0.2, -0.15) is 5.10 Å². The number of fused-ring (bicyclic) bond motifs is 1. The molecule has 1 aliphatic rings. The number of hydrogen-bond acceptors (Lipinski definition) is 5. The molecular weight excluding hydrogens is 310 g/mol. The van der Waals surface area contributed by atoms with Crippen molar-refractivity contribution in [3.8, 4) is 0 Å². The van der Waals surface area contributed by atoms with E-state index in [1.165, 1.54) is 7.11 Å². The lowest BCUT2D eigenvalue weighted by Gasteiger charge is -2.27. The molecule has 0 unspecified atom stereocenters. The van der Waals surface area contributed by atoms with Crippen molar-refractivity contribution in [1.82, 2.24) is 24.2 Å². The molecule has 0 saturated carbocycles.